The van der Waals surface area contributed by atoms with Crippen molar-refractivity contribution in [3.63, 3.8) is 0 Å². The number of thiophene rings is 1. The van der Waals surface area contributed by atoms with Crippen molar-refractivity contribution in [2.24, 2.45) is 0 Å². The molecule has 0 amide bonds. The molecule has 1 N–H and O–H groups in total. The van der Waals surface area contributed by atoms with Crippen molar-refractivity contribution in [2.45, 2.75) is 0 Å². The van der Waals surface area contributed by atoms with Crippen LogP contribution in [0.3, 0.4) is 0 Å². The molecular weight excluding hydrogens is 555 g/mol. The molecule has 9 rings (SSSR count). The van der Waals surface area contributed by atoms with Gasteiger partial charge in [-0.2, -0.15) is 0 Å². The van der Waals surface area contributed by atoms with Crippen molar-refractivity contribution >= 4 is 53.4 Å². The van der Waals surface area contributed by atoms with E-state index in [9.17, 15) is 0 Å². The summed E-state index contributed by atoms with van der Waals surface area (Å²) < 4.78 is 2.32. The van der Waals surface area contributed by atoms with Crippen LogP contribution in [0.1, 0.15) is 0 Å². The van der Waals surface area contributed by atoms with Crippen LogP contribution in [-0.4, -0.2) is 15.0 Å². The van der Waals surface area contributed by atoms with Crippen LogP contribution in [-0.2, 0) is 0 Å². The van der Waals surface area contributed by atoms with Crippen LogP contribution < -0.4 is 0 Å². The Hall–Kier alpha value is -5.58. The van der Waals surface area contributed by atoms with Gasteiger partial charge < -0.3 is 4.98 Å². The van der Waals surface area contributed by atoms with Crippen LogP contribution in [0.5, 0.6) is 0 Å². The number of H-pyrrole nitrogens is 1. The van der Waals surface area contributed by atoms with Crippen molar-refractivity contribution < 1.29 is 0 Å². The van der Waals surface area contributed by atoms with E-state index >= 15 is 0 Å². The lowest BCUT2D eigenvalue weighted by molar-refractivity contribution is 1.24. The van der Waals surface area contributed by atoms with Gasteiger partial charge >= 0.3 is 0 Å². The minimum absolute atomic E-state index is 0.736. The van der Waals surface area contributed by atoms with Crippen molar-refractivity contribution in [3.8, 4) is 44.9 Å². The lowest BCUT2D eigenvalue weighted by Gasteiger charge is -2.08. The topological polar surface area (TPSA) is 41.6 Å². The minimum Gasteiger partial charge on any atom is -0.354 e. The van der Waals surface area contributed by atoms with Crippen LogP contribution >= 0.6 is 11.3 Å². The zero-order valence-corrected chi connectivity index (χ0v) is 24.5. The first-order chi connectivity index (χ1) is 21.8. The van der Waals surface area contributed by atoms with E-state index < -0.39 is 0 Å². The van der Waals surface area contributed by atoms with Crippen LogP contribution in [0, 0.1) is 0 Å². The predicted octanol–water partition coefficient (Wildman–Crippen LogP) is 11.1. The van der Waals surface area contributed by atoms with Crippen molar-refractivity contribution in [2.75, 3.05) is 0 Å². The molecular formula is C40H25N3S. The summed E-state index contributed by atoms with van der Waals surface area (Å²) in [7, 11) is 0. The van der Waals surface area contributed by atoms with Gasteiger partial charge in [0.1, 0.15) is 0 Å². The number of benzene rings is 6. The molecule has 9 aromatic rings. The Bertz CT molecular complexity index is 2460. The van der Waals surface area contributed by atoms with Gasteiger partial charge in [-0.3, -0.25) is 0 Å². The molecule has 0 unspecified atom stereocenters. The first kappa shape index (κ1) is 25.0. The van der Waals surface area contributed by atoms with Gasteiger partial charge in [0, 0.05) is 43.0 Å². The monoisotopic (exact) mass is 579 g/mol. The van der Waals surface area contributed by atoms with Crippen molar-refractivity contribution in [3.05, 3.63) is 146 Å². The average molecular weight is 580 g/mol. The fraction of sp³-hybridized carbons (Fsp3) is 0. The fourth-order valence-electron chi connectivity index (χ4n) is 6.21. The maximum absolute atomic E-state index is 5.22. The Labute approximate surface area is 258 Å². The van der Waals surface area contributed by atoms with Gasteiger partial charge in [0.15, 0.2) is 5.82 Å². The van der Waals surface area contributed by atoms with E-state index in [1.807, 2.05) is 12.1 Å². The van der Waals surface area contributed by atoms with Gasteiger partial charge in [-0.15, -0.1) is 11.3 Å². The van der Waals surface area contributed by atoms with Crippen molar-refractivity contribution in [1.29, 1.82) is 0 Å². The number of aromatic amines is 1. The number of hydrogen-bond donors (Lipinski definition) is 1. The highest BCUT2D eigenvalue weighted by molar-refractivity contribution is 7.26. The summed E-state index contributed by atoms with van der Waals surface area (Å²) in [5, 5.41) is 3.60. The number of aromatic nitrogens is 3. The Kier molecular flexibility index (Phi) is 5.68. The Balaban J connectivity index is 1.25. The normalized spacial score (nSPS) is 11.6. The van der Waals surface area contributed by atoms with E-state index in [0.29, 0.717) is 0 Å². The first-order valence-electron chi connectivity index (χ1n) is 14.7. The molecule has 6 aromatic carbocycles. The summed E-state index contributed by atoms with van der Waals surface area (Å²) in [6.07, 6.45) is 0. The molecule has 0 saturated heterocycles. The molecule has 0 aliphatic carbocycles. The van der Waals surface area contributed by atoms with E-state index in [1.165, 1.54) is 37.7 Å². The second-order valence-corrected chi connectivity index (χ2v) is 12.2. The molecule has 3 heterocycles. The second-order valence-electron chi connectivity index (χ2n) is 11.1. The zero-order chi connectivity index (χ0) is 29.0. The smallest absolute Gasteiger partial charge is 0.160 e. The highest BCUT2D eigenvalue weighted by atomic mass is 32.1. The second kappa shape index (κ2) is 10.0. The lowest BCUT2D eigenvalue weighted by Crippen LogP contribution is -1.93. The SMILES string of the molecule is c1ccc(-c2ccc(-c3nc(-c4ccccc4)c4sc5cc6c(cc5c4n3)[nH]c3ccc(-c4ccccc4)cc36)cc2)cc1. The van der Waals surface area contributed by atoms with Crippen molar-refractivity contribution in [1.82, 2.24) is 15.0 Å². The average Bonchev–Trinajstić information content (AvgIpc) is 3.65. The van der Waals surface area contributed by atoms with Gasteiger partial charge in [0.05, 0.1) is 15.9 Å². The maximum atomic E-state index is 5.22. The molecule has 4 heteroatoms. The van der Waals surface area contributed by atoms with E-state index in [4.69, 9.17) is 9.97 Å². The first-order valence-corrected chi connectivity index (χ1v) is 15.6. The van der Waals surface area contributed by atoms with Crippen LogP contribution in [0.25, 0.3) is 87.0 Å². The molecule has 44 heavy (non-hydrogen) atoms. The largest absolute Gasteiger partial charge is 0.354 e. The molecule has 3 nitrogen and oxygen atoms in total. The zero-order valence-electron chi connectivity index (χ0n) is 23.7. The minimum atomic E-state index is 0.736. The summed E-state index contributed by atoms with van der Waals surface area (Å²) in [5.74, 6) is 0.736. The number of nitrogens with one attached hydrogen (secondary N) is 1. The van der Waals surface area contributed by atoms with E-state index in [2.05, 4.69) is 138 Å². The number of hydrogen-bond acceptors (Lipinski definition) is 3. The summed E-state index contributed by atoms with van der Waals surface area (Å²) in [6.45, 7) is 0. The van der Waals surface area contributed by atoms with Gasteiger partial charge in [-0.05, 0) is 46.5 Å². The highest BCUT2D eigenvalue weighted by Crippen LogP contribution is 2.42. The third kappa shape index (κ3) is 4.11. The standard InChI is InChI=1S/C40H25N3S/c1-4-10-25(11-5-1)27-16-18-29(19-17-27)40-42-37(28-14-8-3-9-15-28)39-38(43-40)33-23-35-32(24-36(33)44-39)31-22-30(20-21-34(31)41-35)26-12-6-2-7-13-26/h1-24,41H. The molecule has 0 aliphatic rings. The van der Waals surface area contributed by atoms with Gasteiger partial charge in [0.2, 0.25) is 0 Å². The summed E-state index contributed by atoms with van der Waals surface area (Å²) >= 11 is 1.78. The molecule has 0 saturated carbocycles. The van der Waals surface area contributed by atoms with Gasteiger partial charge in [0.25, 0.3) is 0 Å². The van der Waals surface area contributed by atoms with Gasteiger partial charge in [-0.1, -0.05) is 121 Å². The molecule has 0 bridgehead atoms. The summed E-state index contributed by atoms with van der Waals surface area (Å²) in [4.78, 5) is 14.1. The number of fused-ring (bicyclic) bond motifs is 6. The van der Waals surface area contributed by atoms with Crippen LogP contribution in [0.4, 0.5) is 0 Å². The van der Waals surface area contributed by atoms with E-state index in [0.717, 1.165) is 49.3 Å². The maximum Gasteiger partial charge on any atom is 0.160 e. The molecule has 0 spiro atoms. The lowest BCUT2D eigenvalue weighted by atomic mass is 10.0. The molecule has 3 aromatic heterocycles. The van der Waals surface area contributed by atoms with E-state index in [-0.39, 0.29) is 0 Å². The molecule has 0 aliphatic heterocycles. The predicted molar refractivity (Wildman–Crippen MR) is 186 cm³/mol. The van der Waals surface area contributed by atoms with E-state index in [1.54, 1.807) is 11.3 Å². The van der Waals surface area contributed by atoms with Crippen LogP contribution in [0.2, 0.25) is 0 Å². The molecule has 0 atom stereocenters. The number of nitrogens with zero attached hydrogens (tertiary/aromatic N) is 2. The fourth-order valence-corrected chi connectivity index (χ4v) is 7.38. The molecule has 0 radical (unpaired) electrons. The van der Waals surface area contributed by atoms with Crippen LogP contribution in [0.15, 0.2) is 146 Å². The summed E-state index contributed by atoms with van der Waals surface area (Å²) in [5.41, 5.74) is 11.1. The third-order valence-electron chi connectivity index (χ3n) is 8.44. The Morgan fingerprint density at radius 1 is 0.432 bits per heavy atom. The number of rotatable bonds is 4. The Morgan fingerprint density at radius 3 is 1.70 bits per heavy atom. The quantitative estimate of drug-likeness (QED) is 0.225. The summed E-state index contributed by atoms with van der Waals surface area (Å²) in [6, 6.07) is 51.4. The molecule has 206 valence electrons. The Morgan fingerprint density at radius 2 is 1.00 bits per heavy atom. The highest BCUT2D eigenvalue weighted by Gasteiger charge is 2.18. The third-order valence-corrected chi connectivity index (χ3v) is 9.58. The molecule has 0 fully saturated rings. The van der Waals surface area contributed by atoms with Gasteiger partial charge in [-0.25, -0.2) is 9.97 Å².